The van der Waals surface area contributed by atoms with E-state index < -0.39 is 5.54 Å². The van der Waals surface area contributed by atoms with E-state index in [0.717, 1.165) is 45.3 Å². The third-order valence-corrected chi connectivity index (χ3v) is 3.94. The van der Waals surface area contributed by atoms with Crippen LogP contribution < -0.4 is 11.1 Å². The Morgan fingerprint density at radius 1 is 1.56 bits per heavy atom. The van der Waals surface area contributed by atoms with Gasteiger partial charge in [0, 0.05) is 5.92 Å². The minimum Gasteiger partial charge on any atom is -0.369 e. The van der Waals surface area contributed by atoms with Crippen LogP contribution in [0.15, 0.2) is 0 Å². The fourth-order valence-corrected chi connectivity index (χ4v) is 2.33. The molecule has 1 aliphatic rings. The number of nitrogens with zero attached hydrogens (tertiary/aromatic N) is 2. The molecule has 1 unspecified atom stereocenters. The monoisotopic (exact) mass is 252 g/mol. The summed E-state index contributed by atoms with van der Waals surface area (Å²) in [5.74, 6) is -0.107. The summed E-state index contributed by atoms with van der Waals surface area (Å²) in [6.45, 7) is 4.80. The number of hydrogen-bond acceptors (Lipinski definition) is 4. The van der Waals surface area contributed by atoms with E-state index in [1.54, 1.807) is 0 Å². The maximum Gasteiger partial charge on any atom is 0.220 e. The van der Waals surface area contributed by atoms with Crippen molar-refractivity contribution in [2.75, 3.05) is 26.7 Å². The Labute approximate surface area is 109 Å². The van der Waals surface area contributed by atoms with E-state index in [1.807, 2.05) is 14.0 Å². The summed E-state index contributed by atoms with van der Waals surface area (Å²) in [6.07, 6.45) is 3.58. The Kier molecular flexibility index (Phi) is 5.57. The Morgan fingerprint density at radius 3 is 2.61 bits per heavy atom. The number of likely N-dealkylation sites (tertiary alicyclic amines) is 1. The lowest BCUT2D eigenvalue weighted by atomic mass is 9.95. The number of piperidine rings is 1. The molecule has 1 atom stereocenters. The first-order chi connectivity index (χ1) is 8.50. The third-order valence-electron chi connectivity index (χ3n) is 3.94. The third kappa shape index (κ3) is 4.28. The van der Waals surface area contributed by atoms with Crippen LogP contribution in [0.2, 0.25) is 0 Å². The average molecular weight is 252 g/mol. The predicted octanol–water partition coefficient (Wildman–Crippen LogP) is 0.466. The van der Waals surface area contributed by atoms with Gasteiger partial charge >= 0.3 is 0 Å². The van der Waals surface area contributed by atoms with Crippen LogP contribution in [0.3, 0.4) is 0 Å². The minimum absolute atomic E-state index is 0.0583. The van der Waals surface area contributed by atoms with Gasteiger partial charge in [0.1, 0.15) is 5.54 Å². The highest BCUT2D eigenvalue weighted by molar-refractivity contribution is 5.76. The molecule has 1 fully saturated rings. The molecule has 0 spiro atoms. The first kappa shape index (κ1) is 14.9. The molecular formula is C13H24N4O. The molecule has 5 nitrogen and oxygen atoms in total. The van der Waals surface area contributed by atoms with Crippen molar-refractivity contribution >= 4 is 5.91 Å². The number of rotatable bonds is 6. The zero-order chi connectivity index (χ0) is 13.6. The van der Waals surface area contributed by atoms with Crippen LogP contribution in [-0.2, 0) is 4.79 Å². The molecule has 0 aliphatic carbocycles. The lowest BCUT2D eigenvalue weighted by Gasteiger charge is -2.31. The van der Waals surface area contributed by atoms with Gasteiger partial charge in [-0.05, 0) is 59.3 Å². The molecule has 0 bridgehead atoms. The molecule has 1 saturated heterocycles. The van der Waals surface area contributed by atoms with E-state index in [0.29, 0.717) is 0 Å². The molecule has 1 aliphatic heterocycles. The Hall–Kier alpha value is -1.12. The molecule has 1 heterocycles. The van der Waals surface area contributed by atoms with Gasteiger partial charge in [-0.3, -0.25) is 4.79 Å². The van der Waals surface area contributed by atoms with Crippen molar-refractivity contribution in [3.05, 3.63) is 0 Å². The van der Waals surface area contributed by atoms with E-state index in [1.165, 1.54) is 0 Å². The lowest BCUT2D eigenvalue weighted by Crippen LogP contribution is -2.41. The largest absolute Gasteiger partial charge is 0.369 e. The van der Waals surface area contributed by atoms with Crippen LogP contribution in [0.1, 0.15) is 32.6 Å². The summed E-state index contributed by atoms with van der Waals surface area (Å²) >= 11 is 0. The van der Waals surface area contributed by atoms with Crippen molar-refractivity contribution in [1.29, 1.82) is 5.26 Å². The predicted molar refractivity (Wildman–Crippen MR) is 70.7 cm³/mol. The van der Waals surface area contributed by atoms with E-state index in [9.17, 15) is 4.79 Å². The van der Waals surface area contributed by atoms with Crippen LogP contribution in [0.4, 0.5) is 0 Å². The number of nitriles is 1. The maximum atomic E-state index is 11.0. The topological polar surface area (TPSA) is 82.2 Å². The second-order valence-electron chi connectivity index (χ2n) is 5.32. The molecule has 0 aromatic rings. The van der Waals surface area contributed by atoms with E-state index in [2.05, 4.69) is 16.3 Å². The quantitative estimate of drug-likeness (QED) is 0.719. The van der Waals surface area contributed by atoms with Crippen LogP contribution in [0.25, 0.3) is 0 Å². The summed E-state index contributed by atoms with van der Waals surface area (Å²) in [5, 5.41) is 12.1. The van der Waals surface area contributed by atoms with Crippen molar-refractivity contribution in [3.63, 3.8) is 0 Å². The molecule has 102 valence electrons. The highest BCUT2D eigenvalue weighted by atomic mass is 16.1. The van der Waals surface area contributed by atoms with Crippen LogP contribution in [0, 0.1) is 17.2 Å². The number of carbonyl (C=O) groups excluding carboxylic acids is 1. The van der Waals surface area contributed by atoms with Crippen LogP contribution in [0.5, 0.6) is 0 Å². The summed E-state index contributed by atoms with van der Waals surface area (Å²) in [5.41, 5.74) is 4.88. The average Bonchev–Trinajstić information content (AvgIpc) is 2.39. The van der Waals surface area contributed by atoms with Crippen molar-refractivity contribution in [1.82, 2.24) is 10.2 Å². The fourth-order valence-electron chi connectivity index (χ4n) is 2.33. The number of primary amides is 1. The highest BCUT2D eigenvalue weighted by Crippen LogP contribution is 2.18. The summed E-state index contributed by atoms with van der Waals surface area (Å²) in [6, 6.07) is 2.30. The highest BCUT2D eigenvalue weighted by Gasteiger charge is 2.24. The summed E-state index contributed by atoms with van der Waals surface area (Å²) in [7, 11) is 1.82. The number of hydrogen-bond donors (Lipinski definition) is 2. The number of nitrogens with two attached hydrogens (primary N) is 1. The second-order valence-corrected chi connectivity index (χ2v) is 5.32. The van der Waals surface area contributed by atoms with Crippen LogP contribution in [-0.4, -0.2) is 43.0 Å². The first-order valence-electron chi connectivity index (χ1n) is 6.62. The fraction of sp³-hybridized carbons (Fsp3) is 0.846. The van der Waals surface area contributed by atoms with Gasteiger partial charge in [-0.15, -0.1) is 0 Å². The number of nitrogens with one attached hydrogen (secondary N) is 1. The second kappa shape index (κ2) is 6.72. The van der Waals surface area contributed by atoms with E-state index in [4.69, 9.17) is 11.0 Å². The molecule has 1 rings (SSSR count). The summed E-state index contributed by atoms with van der Waals surface area (Å²) < 4.78 is 0. The maximum absolute atomic E-state index is 11.0. The zero-order valence-electron chi connectivity index (χ0n) is 11.4. The Bertz CT molecular complexity index is 317. The minimum atomic E-state index is -0.425. The number of amides is 1. The molecule has 0 aromatic heterocycles. The molecule has 1 amide bonds. The number of carbonyl (C=O) groups is 1. The first-order valence-corrected chi connectivity index (χ1v) is 6.62. The zero-order valence-corrected chi connectivity index (χ0v) is 11.4. The van der Waals surface area contributed by atoms with Crippen molar-refractivity contribution < 1.29 is 4.79 Å². The molecular weight excluding hydrogens is 228 g/mol. The Balaban J connectivity index is 2.23. The molecule has 0 aromatic carbocycles. The molecule has 0 saturated carbocycles. The van der Waals surface area contributed by atoms with Gasteiger partial charge in [-0.25, -0.2) is 0 Å². The van der Waals surface area contributed by atoms with Gasteiger partial charge in [-0.2, -0.15) is 5.26 Å². The molecule has 5 heteroatoms. The molecule has 18 heavy (non-hydrogen) atoms. The normalized spacial score (nSPS) is 21.2. The van der Waals surface area contributed by atoms with Gasteiger partial charge in [0.2, 0.25) is 5.91 Å². The van der Waals surface area contributed by atoms with Gasteiger partial charge < -0.3 is 16.0 Å². The molecule has 3 N–H and O–H groups in total. The smallest absolute Gasteiger partial charge is 0.220 e. The lowest BCUT2D eigenvalue weighted by molar-refractivity contribution is -0.123. The Morgan fingerprint density at radius 2 is 2.17 bits per heavy atom. The van der Waals surface area contributed by atoms with Gasteiger partial charge in [0.25, 0.3) is 0 Å². The van der Waals surface area contributed by atoms with Gasteiger partial charge in [0.15, 0.2) is 0 Å². The SMILES string of the molecule is CNC(C)(C#N)CCCN1CCC(C(N)=O)CC1. The van der Waals surface area contributed by atoms with Crippen molar-refractivity contribution in [2.24, 2.45) is 11.7 Å². The standard InChI is InChI=1S/C13H24N4O/c1-13(10-14,16-2)6-3-7-17-8-4-11(5-9-17)12(15)18/h11,16H,3-9H2,1-2H3,(H2,15,18). The van der Waals surface area contributed by atoms with Crippen molar-refractivity contribution in [2.45, 2.75) is 38.1 Å². The van der Waals surface area contributed by atoms with E-state index >= 15 is 0 Å². The summed E-state index contributed by atoms with van der Waals surface area (Å²) in [4.78, 5) is 13.4. The van der Waals surface area contributed by atoms with E-state index in [-0.39, 0.29) is 11.8 Å². The van der Waals surface area contributed by atoms with Gasteiger partial charge in [0.05, 0.1) is 6.07 Å². The van der Waals surface area contributed by atoms with Crippen LogP contribution >= 0.6 is 0 Å². The van der Waals surface area contributed by atoms with Gasteiger partial charge in [-0.1, -0.05) is 0 Å². The van der Waals surface area contributed by atoms with Crippen molar-refractivity contribution in [3.8, 4) is 6.07 Å². The molecule has 0 radical (unpaired) electrons.